The molecule has 0 aromatic heterocycles. The van der Waals surface area contributed by atoms with Gasteiger partial charge in [0.2, 0.25) is 0 Å². The maximum absolute atomic E-state index is 6.74. The molecule has 0 saturated heterocycles. The van der Waals surface area contributed by atoms with Gasteiger partial charge in [0.25, 0.3) is 0 Å². The predicted octanol–water partition coefficient (Wildman–Crippen LogP) is 2.16. The van der Waals surface area contributed by atoms with Crippen molar-refractivity contribution in [2.24, 2.45) is 0 Å². The minimum absolute atomic E-state index is 0.453. The van der Waals surface area contributed by atoms with Crippen LogP contribution < -0.4 is 0 Å². The molecule has 0 rings (SSSR count). The van der Waals surface area contributed by atoms with Crippen molar-refractivity contribution >= 4 is 0 Å². The van der Waals surface area contributed by atoms with Crippen LogP contribution in [0.3, 0.4) is 0 Å². The third-order valence-corrected chi connectivity index (χ3v) is 4.75. The van der Waals surface area contributed by atoms with Crippen LogP contribution >= 0.6 is 0 Å². The normalized spacial score (nSPS) is 18.6. The lowest BCUT2D eigenvalue weighted by molar-refractivity contribution is -0.347. The van der Waals surface area contributed by atoms with Crippen molar-refractivity contribution in [2.45, 2.75) is 53.2 Å². The molecule has 0 bridgehead atoms. The van der Waals surface area contributed by atoms with E-state index in [-0.39, 0.29) is 0 Å². The Balaban J connectivity index is 5.63. The molecule has 5 heteroatoms. The Morgan fingerprint density at radius 3 is 1.00 bits per heavy atom. The van der Waals surface area contributed by atoms with Gasteiger partial charge in [0.05, 0.1) is 0 Å². The topological polar surface area (TPSA) is 22.2 Å². The first-order valence-electron chi connectivity index (χ1n) is 8.18. The Morgan fingerprint density at radius 1 is 0.619 bits per heavy atom. The van der Waals surface area contributed by atoms with Crippen LogP contribution in [0.2, 0.25) is 0 Å². The van der Waals surface area contributed by atoms with Gasteiger partial charge >= 0.3 is 0 Å². The van der Waals surface area contributed by atoms with Gasteiger partial charge in [-0.3, -0.25) is 19.6 Å². The number of hydrogen-bond acceptors (Lipinski definition) is 5. The van der Waals surface area contributed by atoms with E-state index < -0.39 is 11.7 Å². The lowest BCUT2D eigenvalue weighted by Crippen LogP contribution is -2.68. The first-order chi connectivity index (χ1) is 9.63. The molecule has 2 unspecified atom stereocenters. The highest BCUT2D eigenvalue weighted by molar-refractivity contribution is 4.81. The van der Waals surface area contributed by atoms with Crippen LogP contribution in [0.4, 0.5) is 0 Å². The summed E-state index contributed by atoms with van der Waals surface area (Å²) in [7, 11) is 8.32. The van der Waals surface area contributed by atoms with Crippen molar-refractivity contribution in [1.29, 1.82) is 0 Å². The van der Waals surface area contributed by atoms with Crippen molar-refractivity contribution in [3.8, 4) is 0 Å². The van der Waals surface area contributed by atoms with Crippen molar-refractivity contribution in [3.05, 3.63) is 0 Å². The maximum atomic E-state index is 6.74. The number of hydrogen-bond donors (Lipinski definition) is 0. The van der Waals surface area contributed by atoms with Crippen LogP contribution in [0.1, 0.15) is 41.5 Å². The molecule has 0 aliphatic heterocycles. The summed E-state index contributed by atoms with van der Waals surface area (Å²) in [6, 6.07) is 0. The lowest BCUT2D eigenvalue weighted by Gasteiger charge is -2.54. The quantitative estimate of drug-likeness (QED) is 0.575. The molecule has 0 N–H and O–H groups in total. The second-order valence-corrected chi connectivity index (χ2v) is 6.10. The summed E-state index contributed by atoms with van der Waals surface area (Å²) < 4.78 is 6.74. The van der Waals surface area contributed by atoms with Gasteiger partial charge in [-0.1, -0.05) is 27.7 Å². The second kappa shape index (κ2) is 8.44. The summed E-state index contributed by atoms with van der Waals surface area (Å²) >= 11 is 0. The van der Waals surface area contributed by atoms with E-state index in [4.69, 9.17) is 4.74 Å². The van der Waals surface area contributed by atoms with Crippen molar-refractivity contribution < 1.29 is 4.74 Å². The highest BCUT2D eigenvalue weighted by atomic mass is 16.6. The van der Waals surface area contributed by atoms with Crippen LogP contribution in [0.15, 0.2) is 0 Å². The highest BCUT2D eigenvalue weighted by Gasteiger charge is 2.44. The monoisotopic (exact) mass is 302 g/mol. The summed E-state index contributed by atoms with van der Waals surface area (Å²) in [4.78, 5) is 9.01. The zero-order valence-corrected chi connectivity index (χ0v) is 16.0. The maximum Gasteiger partial charge on any atom is 0.179 e. The molecule has 0 aliphatic rings. The first-order valence-corrected chi connectivity index (χ1v) is 8.18. The molecule has 0 aromatic carbocycles. The third-order valence-electron chi connectivity index (χ3n) is 4.75. The van der Waals surface area contributed by atoms with Crippen LogP contribution in [0, 0.1) is 0 Å². The standard InChI is InChI=1S/C16H38N4O/c1-11-19(12-2)15(5,17(7)8)21-16(6,18(9)10)20(13-3)14-4/h11-14H2,1-10H3. The minimum Gasteiger partial charge on any atom is -0.313 e. The van der Waals surface area contributed by atoms with Gasteiger partial charge in [-0.05, 0) is 68.2 Å². The van der Waals surface area contributed by atoms with Crippen LogP contribution in [0.25, 0.3) is 0 Å². The Morgan fingerprint density at radius 2 is 0.857 bits per heavy atom. The summed E-state index contributed by atoms with van der Waals surface area (Å²) in [5.41, 5.74) is 0. The molecule has 2 atom stereocenters. The van der Waals surface area contributed by atoms with Crippen molar-refractivity contribution in [3.63, 3.8) is 0 Å². The lowest BCUT2D eigenvalue weighted by atomic mass is 10.2. The van der Waals surface area contributed by atoms with Gasteiger partial charge in [-0.2, -0.15) is 0 Å². The van der Waals surface area contributed by atoms with E-state index in [9.17, 15) is 0 Å². The van der Waals surface area contributed by atoms with Gasteiger partial charge in [-0.25, -0.2) is 0 Å². The van der Waals surface area contributed by atoms with Crippen molar-refractivity contribution in [2.75, 3.05) is 54.4 Å². The Bertz CT molecular complexity index is 262. The SMILES string of the molecule is CCN(CC)C(C)(OC(C)(N(C)C)N(CC)CC)N(C)C. The van der Waals surface area contributed by atoms with Crippen molar-refractivity contribution in [1.82, 2.24) is 19.6 Å². The van der Waals surface area contributed by atoms with Crippen LogP contribution in [-0.4, -0.2) is 85.7 Å². The summed E-state index contributed by atoms with van der Waals surface area (Å²) in [5.74, 6) is -0.907. The first kappa shape index (κ1) is 20.8. The van der Waals surface area contributed by atoms with E-state index in [2.05, 4.69) is 89.3 Å². The smallest absolute Gasteiger partial charge is 0.179 e. The van der Waals surface area contributed by atoms with Gasteiger partial charge < -0.3 is 4.74 Å². The van der Waals surface area contributed by atoms with E-state index in [1.54, 1.807) is 0 Å². The number of nitrogens with zero attached hydrogens (tertiary/aromatic N) is 4. The zero-order chi connectivity index (χ0) is 16.8. The second-order valence-electron chi connectivity index (χ2n) is 6.10. The summed E-state index contributed by atoms with van der Waals surface area (Å²) in [5, 5.41) is 0. The Hall–Kier alpha value is -0.200. The predicted molar refractivity (Wildman–Crippen MR) is 91.1 cm³/mol. The molecular formula is C16H38N4O. The molecule has 0 aromatic rings. The molecule has 0 fully saturated rings. The van der Waals surface area contributed by atoms with Gasteiger partial charge in [0.1, 0.15) is 0 Å². The van der Waals surface area contributed by atoms with Gasteiger partial charge in [0.15, 0.2) is 11.7 Å². The molecule has 0 saturated carbocycles. The molecular weight excluding hydrogens is 264 g/mol. The fourth-order valence-corrected chi connectivity index (χ4v) is 2.86. The average Bonchev–Trinajstić information content (AvgIpc) is 2.40. The van der Waals surface area contributed by atoms with Crippen LogP contribution in [0.5, 0.6) is 0 Å². The summed E-state index contributed by atoms with van der Waals surface area (Å²) in [6.07, 6.45) is 0. The molecule has 128 valence electrons. The zero-order valence-electron chi connectivity index (χ0n) is 16.0. The highest BCUT2D eigenvalue weighted by Crippen LogP contribution is 2.30. The molecule has 0 radical (unpaired) electrons. The largest absolute Gasteiger partial charge is 0.313 e. The van der Waals surface area contributed by atoms with E-state index >= 15 is 0 Å². The van der Waals surface area contributed by atoms with E-state index in [0.29, 0.717) is 0 Å². The average molecular weight is 303 g/mol. The van der Waals surface area contributed by atoms with E-state index in [0.717, 1.165) is 26.2 Å². The third kappa shape index (κ3) is 4.39. The minimum atomic E-state index is -0.453. The Labute approximate surface area is 132 Å². The van der Waals surface area contributed by atoms with Gasteiger partial charge in [-0.15, -0.1) is 0 Å². The van der Waals surface area contributed by atoms with E-state index in [1.165, 1.54) is 0 Å². The molecule has 5 nitrogen and oxygen atoms in total. The molecule has 0 amide bonds. The number of rotatable bonds is 10. The fraction of sp³-hybridized carbons (Fsp3) is 1.00. The summed E-state index contributed by atoms with van der Waals surface area (Å²) in [6.45, 7) is 16.8. The van der Waals surface area contributed by atoms with Crippen LogP contribution in [-0.2, 0) is 4.74 Å². The molecule has 21 heavy (non-hydrogen) atoms. The molecule has 0 spiro atoms. The molecule has 0 heterocycles. The fourth-order valence-electron chi connectivity index (χ4n) is 2.86. The number of ether oxygens (including phenoxy) is 1. The van der Waals surface area contributed by atoms with E-state index in [1.807, 2.05) is 0 Å². The Kier molecular flexibility index (Phi) is 8.36. The van der Waals surface area contributed by atoms with Gasteiger partial charge in [0, 0.05) is 0 Å². The molecule has 0 aliphatic carbocycles.